The van der Waals surface area contributed by atoms with Gasteiger partial charge in [-0.15, -0.1) is 23.2 Å². The van der Waals surface area contributed by atoms with E-state index in [0.29, 0.717) is 0 Å². The van der Waals surface area contributed by atoms with Crippen molar-refractivity contribution < 1.29 is 19.1 Å². The lowest BCUT2D eigenvalue weighted by Gasteiger charge is -2.32. The third-order valence-corrected chi connectivity index (χ3v) is 7.46. The van der Waals surface area contributed by atoms with E-state index in [-0.39, 0.29) is 10.1 Å². The standard InChI is InChI=1S/C11H6Cl6O4/c1-20-7(18)3-4(8(19)21-2)10(15)6(13)5(12)9(3,14)11(10,16)17/h1-2H3/t9-,10-/m0/s1. The number of allylic oxidation sites excluding steroid dienone is 2. The van der Waals surface area contributed by atoms with Gasteiger partial charge >= 0.3 is 11.9 Å². The van der Waals surface area contributed by atoms with E-state index < -0.39 is 37.2 Å². The summed E-state index contributed by atoms with van der Waals surface area (Å²) in [6, 6.07) is 0. The Balaban J connectivity index is 2.90. The van der Waals surface area contributed by atoms with Crippen LogP contribution in [0.4, 0.5) is 0 Å². The number of methoxy groups -OCH3 is 2. The third-order valence-electron chi connectivity index (χ3n) is 3.38. The zero-order valence-electron chi connectivity index (χ0n) is 10.4. The molecule has 0 aromatic rings. The Kier molecular flexibility index (Phi) is 4.24. The van der Waals surface area contributed by atoms with Gasteiger partial charge in [-0.1, -0.05) is 46.4 Å². The first-order valence-electron chi connectivity index (χ1n) is 5.27. The van der Waals surface area contributed by atoms with E-state index in [9.17, 15) is 9.59 Å². The molecule has 0 radical (unpaired) electrons. The van der Waals surface area contributed by atoms with Crippen molar-refractivity contribution in [1.29, 1.82) is 0 Å². The Morgan fingerprint density at radius 1 is 0.810 bits per heavy atom. The van der Waals surface area contributed by atoms with Crippen molar-refractivity contribution in [3.63, 3.8) is 0 Å². The van der Waals surface area contributed by atoms with Crippen LogP contribution in [0.3, 0.4) is 0 Å². The van der Waals surface area contributed by atoms with Gasteiger partial charge < -0.3 is 9.47 Å². The summed E-state index contributed by atoms with van der Waals surface area (Å²) in [5.74, 6) is -1.94. The molecule has 2 aliphatic carbocycles. The first kappa shape index (κ1) is 17.5. The van der Waals surface area contributed by atoms with Crippen molar-refractivity contribution in [1.82, 2.24) is 0 Å². The van der Waals surface area contributed by atoms with Gasteiger partial charge in [-0.2, -0.15) is 0 Å². The minimum Gasteiger partial charge on any atom is -0.466 e. The van der Waals surface area contributed by atoms with E-state index in [1.165, 1.54) is 0 Å². The van der Waals surface area contributed by atoms with Gasteiger partial charge in [0.05, 0.1) is 35.4 Å². The number of rotatable bonds is 2. The predicted octanol–water partition coefficient (Wildman–Crippen LogP) is 3.47. The molecule has 0 spiro atoms. The molecule has 0 fully saturated rings. The topological polar surface area (TPSA) is 52.6 Å². The van der Waals surface area contributed by atoms with E-state index in [2.05, 4.69) is 9.47 Å². The van der Waals surface area contributed by atoms with Crippen LogP contribution in [0.5, 0.6) is 0 Å². The molecule has 116 valence electrons. The fraction of sp³-hybridized carbons (Fsp3) is 0.455. The molecule has 2 bridgehead atoms. The van der Waals surface area contributed by atoms with Gasteiger partial charge in [0.25, 0.3) is 0 Å². The van der Waals surface area contributed by atoms with Gasteiger partial charge in [0.15, 0.2) is 4.33 Å². The van der Waals surface area contributed by atoms with Gasteiger partial charge in [-0.05, 0) is 0 Å². The average Bonchev–Trinajstić information content (AvgIpc) is 2.65. The zero-order valence-corrected chi connectivity index (χ0v) is 14.9. The molecule has 0 saturated heterocycles. The predicted molar refractivity (Wildman–Crippen MR) is 81.4 cm³/mol. The number of carbonyl (C=O) groups is 2. The first-order chi connectivity index (χ1) is 9.53. The Bertz CT molecular complexity index is 574. The number of alkyl halides is 4. The summed E-state index contributed by atoms with van der Waals surface area (Å²) in [7, 11) is 2.17. The number of carbonyl (C=O) groups excluding carboxylic acids is 2. The monoisotopic (exact) mass is 412 g/mol. The molecule has 2 aliphatic rings. The highest BCUT2D eigenvalue weighted by molar-refractivity contribution is 6.68. The molecule has 0 aromatic heterocycles. The number of hydrogen-bond donors (Lipinski definition) is 0. The second-order valence-corrected chi connectivity index (χ2v) is 7.47. The number of esters is 2. The van der Waals surface area contributed by atoms with Crippen LogP contribution in [0, 0.1) is 0 Å². The molecular weight excluding hydrogens is 409 g/mol. The van der Waals surface area contributed by atoms with Crippen LogP contribution in [-0.4, -0.2) is 40.2 Å². The smallest absolute Gasteiger partial charge is 0.336 e. The van der Waals surface area contributed by atoms with Crippen LogP contribution in [0.1, 0.15) is 0 Å². The van der Waals surface area contributed by atoms with Crippen LogP contribution in [0.15, 0.2) is 21.2 Å². The molecule has 0 unspecified atom stereocenters. The van der Waals surface area contributed by atoms with E-state index in [1.54, 1.807) is 0 Å². The zero-order chi connectivity index (χ0) is 16.4. The van der Waals surface area contributed by atoms with E-state index in [4.69, 9.17) is 69.6 Å². The average molecular weight is 415 g/mol. The lowest BCUT2D eigenvalue weighted by Crippen LogP contribution is -2.46. The second kappa shape index (κ2) is 5.08. The summed E-state index contributed by atoms with van der Waals surface area (Å²) in [4.78, 5) is 20.1. The lowest BCUT2D eigenvalue weighted by atomic mass is 9.95. The number of hydrogen-bond acceptors (Lipinski definition) is 4. The number of ether oxygens (including phenoxy) is 2. The molecule has 0 N–H and O–H groups in total. The molecular formula is C11H6Cl6O4. The van der Waals surface area contributed by atoms with E-state index >= 15 is 0 Å². The molecule has 0 amide bonds. The van der Waals surface area contributed by atoms with Gasteiger partial charge in [-0.3, -0.25) is 0 Å². The van der Waals surface area contributed by atoms with E-state index in [1.807, 2.05) is 0 Å². The van der Waals surface area contributed by atoms with Gasteiger partial charge in [-0.25, -0.2) is 9.59 Å². The summed E-state index contributed by atoms with van der Waals surface area (Å²) in [6.07, 6.45) is 0. The molecule has 0 heterocycles. The van der Waals surface area contributed by atoms with Gasteiger partial charge in [0.2, 0.25) is 0 Å². The number of halogens is 6. The van der Waals surface area contributed by atoms with Crippen LogP contribution >= 0.6 is 69.6 Å². The Hall–Kier alpha value is 0.160. The van der Waals surface area contributed by atoms with Crippen molar-refractivity contribution >= 4 is 81.5 Å². The summed E-state index contributed by atoms with van der Waals surface area (Å²) < 4.78 is 7.13. The fourth-order valence-electron chi connectivity index (χ4n) is 2.38. The van der Waals surface area contributed by atoms with Crippen molar-refractivity contribution in [3.8, 4) is 0 Å². The maximum absolute atomic E-state index is 12.0. The summed E-state index contributed by atoms with van der Waals surface area (Å²) in [5, 5.41) is -0.502. The third kappa shape index (κ3) is 1.72. The SMILES string of the molecule is COC(=O)C1=C(C(=O)OC)[C@]2(Cl)C(Cl)=C(Cl)[C@]1(Cl)C2(Cl)Cl. The lowest BCUT2D eigenvalue weighted by molar-refractivity contribution is -0.139. The summed E-state index contributed by atoms with van der Waals surface area (Å²) in [5.41, 5.74) is -0.791. The highest BCUT2D eigenvalue weighted by Gasteiger charge is 2.80. The second-order valence-electron chi connectivity index (χ2n) is 4.25. The van der Waals surface area contributed by atoms with Gasteiger partial charge in [0, 0.05) is 0 Å². The highest BCUT2D eigenvalue weighted by atomic mass is 35.5. The molecule has 21 heavy (non-hydrogen) atoms. The van der Waals surface area contributed by atoms with Crippen LogP contribution < -0.4 is 0 Å². The summed E-state index contributed by atoms with van der Waals surface area (Å²) >= 11 is 37.3. The first-order valence-corrected chi connectivity index (χ1v) is 7.53. The Morgan fingerprint density at radius 3 is 1.33 bits per heavy atom. The molecule has 10 heteroatoms. The van der Waals surface area contributed by atoms with Crippen LogP contribution in [-0.2, 0) is 19.1 Å². The minimum absolute atomic E-state index is 0.251. The molecule has 0 saturated carbocycles. The Labute approximate surface area is 149 Å². The normalized spacial score (nSPS) is 33.5. The quantitative estimate of drug-likeness (QED) is 0.513. The highest BCUT2D eigenvalue weighted by Crippen LogP contribution is 2.74. The maximum Gasteiger partial charge on any atom is 0.336 e. The molecule has 2 rings (SSSR count). The fourth-order valence-corrected chi connectivity index (χ4v) is 5.05. The maximum atomic E-state index is 12.0. The van der Waals surface area contributed by atoms with Crippen molar-refractivity contribution in [2.24, 2.45) is 0 Å². The largest absolute Gasteiger partial charge is 0.466 e. The van der Waals surface area contributed by atoms with Gasteiger partial charge in [0.1, 0.15) is 9.75 Å². The van der Waals surface area contributed by atoms with Crippen LogP contribution in [0.2, 0.25) is 0 Å². The molecule has 2 atom stereocenters. The summed E-state index contributed by atoms with van der Waals surface area (Å²) in [6.45, 7) is 0. The molecule has 0 aromatic carbocycles. The van der Waals surface area contributed by atoms with Crippen LogP contribution in [0.25, 0.3) is 0 Å². The Morgan fingerprint density at radius 2 is 1.10 bits per heavy atom. The minimum atomic E-state index is -2.09. The number of fused-ring (bicyclic) bond motifs is 2. The van der Waals surface area contributed by atoms with Crippen molar-refractivity contribution in [2.75, 3.05) is 14.2 Å². The van der Waals surface area contributed by atoms with E-state index in [0.717, 1.165) is 14.2 Å². The molecule has 4 nitrogen and oxygen atoms in total. The van der Waals surface area contributed by atoms with Crippen molar-refractivity contribution in [3.05, 3.63) is 21.2 Å². The van der Waals surface area contributed by atoms with Crippen molar-refractivity contribution in [2.45, 2.75) is 14.1 Å². The molecule has 0 aliphatic heterocycles.